The number of rotatable bonds is 6. The van der Waals surface area contributed by atoms with E-state index < -0.39 is 0 Å². The van der Waals surface area contributed by atoms with Gasteiger partial charge in [0.25, 0.3) is 0 Å². The number of nitrogens with one attached hydrogen (secondary N) is 2. The molecule has 1 atom stereocenters. The molecule has 0 bridgehead atoms. The Morgan fingerprint density at radius 1 is 1.37 bits per heavy atom. The molecule has 1 unspecified atom stereocenters. The second kappa shape index (κ2) is 5.99. The number of unbranched alkanes of at least 4 members (excludes halogenated alkanes) is 1. The van der Waals surface area contributed by atoms with Crippen molar-refractivity contribution in [2.24, 2.45) is 0 Å². The fraction of sp³-hybridized carbons (Fsp3) is 0.643. The molecule has 2 N–H and O–H groups in total. The third kappa shape index (κ3) is 2.85. The molecule has 0 radical (unpaired) electrons. The number of fused-ring (bicyclic) bond motifs is 1. The van der Waals surface area contributed by atoms with Gasteiger partial charge in [-0.3, -0.25) is 4.79 Å². The minimum absolute atomic E-state index is 0.000410. The average Bonchev–Trinajstić information content (AvgIpc) is 2.79. The molecule has 1 aromatic rings. The van der Waals surface area contributed by atoms with Crippen molar-refractivity contribution >= 4 is 17.4 Å². The second-order valence-corrected chi connectivity index (χ2v) is 4.97. The first-order chi connectivity index (χ1) is 9.19. The lowest BCUT2D eigenvalue weighted by Gasteiger charge is -2.15. The highest BCUT2D eigenvalue weighted by molar-refractivity contribution is 6.01. The lowest BCUT2D eigenvalue weighted by atomic mass is 9.98. The zero-order valence-electron chi connectivity index (χ0n) is 11.9. The fourth-order valence-electron chi connectivity index (χ4n) is 2.45. The Hall–Kier alpha value is -1.65. The number of carbonyl (C=O) groups is 1. The van der Waals surface area contributed by atoms with Crippen molar-refractivity contribution in [1.82, 2.24) is 9.97 Å². The van der Waals surface area contributed by atoms with E-state index in [4.69, 9.17) is 0 Å². The Kier molecular flexibility index (Phi) is 4.35. The van der Waals surface area contributed by atoms with E-state index in [9.17, 15) is 4.79 Å². The van der Waals surface area contributed by atoms with E-state index in [1.807, 2.05) is 7.05 Å². The maximum Gasteiger partial charge on any atom is 0.230 e. The lowest BCUT2D eigenvalue weighted by molar-refractivity contribution is -0.115. The summed E-state index contributed by atoms with van der Waals surface area (Å²) in [7, 11) is 1.82. The first-order valence-corrected chi connectivity index (χ1v) is 7.08. The Bertz CT molecular complexity index is 473. The van der Waals surface area contributed by atoms with Gasteiger partial charge in [-0.15, -0.1) is 0 Å². The van der Waals surface area contributed by atoms with E-state index in [0.29, 0.717) is 12.3 Å². The van der Waals surface area contributed by atoms with Gasteiger partial charge in [0.2, 0.25) is 5.91 Å². The second-order valence-electron chi connectivity index (χ2n) is 4.97. The maximum absolute atomic E-state index is 11.5. The molecule has 0 saturated heterocycles. The van der Waals surface area contributed by atoms with E-state index in [1.165, 1.54) is 12.8 Å². The Balaban J connectivity index is 2.31. The van der Waals surface area contributed by atoms with E-state index in [0.717, 1.165) is 35.9 Å². The SMILES string of the molecule is CCCCC(CC)c1nc2c(c(NC)n1)NC(=O)C2. The van der Waals surface area contributed by atoms with Gasteiger partial charge in [-0.1, -0.05) is 26.7 Å². The van der Waals surface area contributed by atoms with Crippen molar-refractivity contribution in [3.8, 4) is 0 Å². The third-order valence-electron chi connectivity index (χ3n) is 3.59. The van der Waals surface area contributed by atoms with Gasteiger partial charge >= 0.3 is 0 Å². The molecule has 5 nitrogen and oxygen atoms in total. The van der Waals surface area contributed by atoms with Crippen LogP contribution in [-0.4, -0.2) is 22.9 Å². The molecule has 2 rings (SSSR count). The number of hydrogen-bond acceptors (Lipinski definition) is 4. The van der Waals surface area contributed by atoms with E-state index >= 15 is 0 Å². The quantitative estimate of drug-likeness (QED) is 0.827. The van der Waals surface area contributed by atoms with Gasteiger partial charge < -0.3 is 10.6 Å². The molecule has 0 fully saturated rings. The summed E-state index contributed by atoms with van der Waals surface area (Å²) in [6.07, 6.45) is 4.87. The number of hydrogen-bond donors (Lipinski definition) is 2. The van der Waals surface area contributed by atoms with Crippen LogP contribution < -0.4 is 10.6 Å². The highest BCUT2D eigenvalue weighted by atomic mass is 16.1. The summed E-state index contributed by atoms with van der Waals surface area (Å²) in [6, 6.07) is 0. The molecule has 0 saturated carbocycles. The van der Waals surface area contributed by atoms with Crippen LogP contribution >= 0.6 is 0 Å². The van der Waals surface area contributed by atoms with Crippen LogP contribution in [-0.2, 0) is 11.2 Å². The van der Waals surface area contributed by atoms with Crippen LogP contribution in [0.15, 0.2) is 0 Å². The Labute approximate surface area is 114 Å². The normalized spacial score (nSPS) is 15.0. The number of aromatic nitrogens is 2. The van der Waals surface area contributed by atoms with Crippen LogP contribution in [0.1, 0.15) is 57.0 Å². The van der Waals surface area contributed by atoms with Crippen LogP contribution in [0, 0.1) is 0 Å². The molecule has 2 heterocycles. The molecule has 0 aliphatic carbocycles. The highest BCUT2D eigenvalue weighted by Crippen LogP contribution is 2.32. The summed E-state index contributed by atoms with van der Waals surface area (Å²) >= 11 is 0. The monoisotopic (exact) mass is 262 g/mol. The molecule has 1 aromatic heterocycles. The molecule has 5 heteroatoms. The van der Waals surface area contributed by atoms with Crippen LogP contribution in [0.4, 0.5) is 11.5 Å². The van der Waals surface area contributed by atoms with Gasteiger partial charge in [-0.05, 0) is 12.8 Å². The van der Waals surface area contributed by atoms with E-state index in [1.54, 1.807) is 0 Å². The molecular formula is C14H22N4O. The molecule has 1 aliphatic rings. The van der Waals surface area contributed by atoms with Gasteiger partial charge in [-0.2, -0.15) is 0 Å². The summed E-state index contributed by atoms with van der Waals surface area (Å²) in [4.78, 5) is 20.7. The summed E-state index contributed by atoms with van der Waals surface area (Å²) in [5, 5.41) is 5.88. The minimum Gasteiger partial charge on any atom is -0.371 e. The number of carbonyl (C=O) groups excluding carboxylic acids is 1. The number of nitrogens with zero attached hydrogens (tertiary/aromatic N) is 2. The van der Waals surface area contributed by atoms with Crippen molar-refractivity contribution < 1.29 is 4.79 Å². The van der Waals surface area contributed by atoms with Crippen LogP contribution in [0.2, 0.25) is 0 Å². The van der Waals surface area contributed by atoms with E-state index in [2.05, 4.69) is 34.4 Å². The lowest BCUT2D eigenvalue weighted by Crippen LogP contribution is -2.09. The van der Waals surface area contributed by atoms with Gasteiger partial charge in [0.05, 0.1) is 12.1 Å². The third-order valence-corrected chi connectivity index (χ3v) is 3.59. The molecule has 0 aromatic carbocycles. The first kappa shape index (κ1) is 13.8. The van der Waals surface area contributed by atoms with Crippen molar-refractivity contribution in [3.63, 3.8) is 0 Å². The van der Waals surface area contributed by atoms with Crippen molar-refractivity contribution in [1.29, 1.82) is 0 Å². The predicted molar refractivity (Wildman–Crippen MR) is 76.5 cm³/mol. The van der Waals surface area contributed by atoms with Crippen molar-refractivity contribution in [3.05, 3.63) is 11.5 Å². The number of amides is 1. The summed E-state index contributed by atoms with van der Waals surface area (Å²) in [6.45, 7) is 4.36. The molecule has 1 amide bonds. The topological polar surface area (TPSA) is 66.9 Å². The Morgan fingerprint density at radius 3 is 2.79 bits per heavy atom. The largest absolute Gasteiger partial charge is 0.371 e. The average molecular weight is 262 g/mol. The summed E-state index contributed by atoms with van der Waals surface area (Å²) in [5.74, 6) is 1.99. The maximum atomic E-state index is 11.5. The molecule has 104 valence electrons. The minimum atomic E-state index is -0.000410. The predicted octanol–water partition coefficient (Wildman–Crippen LogP) is 2.70. The molecule has 0 spiro atoms. The first-order valence-electron chi connectivity index (χ1n) is 7.08. The number of anilines is 2. The summed E-state index contributed by atoms with van der Waals surface area (Å²) in [5.41, 5.74) is 1.58. The van der Waals surface area contributed by atoms with Crippen molar-refractivity contribution in [2.45, 2.75) is 51.9 Å². The summed E-state index contributed by atoms with van der Waals surface area (Å²) < 4.78 is 0. The van der Waals surface area contributed by atoms with Crippen LogP contribution in [0.3, 0.4) is 0 Å². The van der Waals surface area contributed by atoms with Crippen molar-refractivity contribution in [2.75, 3.05) is 17.7 Å². The zero-order chi connectivity index (χ0) is 13.8. The van der Waals surface area contributed by atoms with Crippen LogP contribution in [0.5, 0.6) is 0 Å². The fourth-order valence-corrected chi connectivity index (χ4v) is 2.45. The molecule has 19 heavy (non-hydrogen) atoms. The van der Waals surface area contributed by atoms with Gasteiger partial charge in [-0.25, -0.2) is 9.97 Å². The zero-order valence-corrected chi connectivity index (χ0v) is 11.9. The van der Waals surface area contributed by atoms with Gasteiger partial charge in [0.15, 0.2) is 5.82 Å². The van der Waals surface area contributed by atoms with Crippen LogP contribution in [0.25, 0.3) is 0 Å². The van der Waals surface area contributed by atoms with E-state index in [-0.39, 0.29) is 5.91 Å². The Morgan fingerprint density at radius 2 is 2.16 bits per heavy atom. The van der Waals surface area contributed by atoms with Gasteiger partial charge in [0.1, 0.15) is 11.5 Å². The molecular weight excluding hydrogens is 240 g/mol. The molecule has 1 aliphatic heterocycles. The van der Waals surface area contributed by atoms with Gasteiger partial charge in [0, 0.05) is 13.0 Å². The standard InChI is InChI=1S/C14H22N4O/c1-4-6-7-9(5-2)13-16-10-8-11(19)17-12(10)14(15-3)18-13/h9H,4-8H2,1-3H3,(H,17,19)(H,15,16,18). The highest BCUT2D eigenvalue weighted by Gasteiger charge is 2.25. The smallest absolute Gasteiger partial charge is 0.230 e.